The molecule has 1 aliphatic rings. The van der Waals surface area contributed by atoms with Crippen LogP contribution < -0.4 is 10.1 Å². The molecule has 2 nitrogen and oxygen atoms in total. The largest absolute Gasteiger partial charge is 0.479 e. The maximum absolute atomic E-state index is 13.4. The number of rotatable bonds is 2. The summed E-state index contributed by atoms with van der Waals surface area (Å²) in [5.74, 6) is -1.97. The van der Waals surface area contributed by atoms with Gasteiger partial charge in [-0.2, -0.15) is 0 Å². The Kier molecular flexibility index (Phi) is 2.56. The van der Waals surface area contributed by atoms with Crippen molar-refractivity contribution >= 4 is 11.6 Å². The van der Waals surface area contributed by atoms with Gasteiger partial charge in [-0.25, -0.2) is 8.78 Å². The third-order valence-electron chi connectivity index (χ3n) is 2.35. The highest BCUT2D eigenvalue weighted by Crippen LogP contribution is 2.31. The minimum Gasteiger partial charge on any atom is -0.479 e. The average molecular weight is 234 g/mol. The van der Waals surface area contributed by atoms with Gasteiger partial charge in [0.15, 0.2) is 17.4 Å². The molecule has 1 N–H and O–H groups in total. The molecule has 0 amide bonds. The lowest BCUT2D eigenvalue weighted by Crippen LogP contribution is -2.61. The fourth-order valence-electron chi connectivity index (χ4n) is 1.40. The van der Waals surface area contributed by atoms with Crippen LogP contribution in [0.2, 0.25) is 5.02 Å². The summed E-state index contributed by atoms with van der Waals surface area (Å²) in [5, 5.41) is 2.84. The highest BCUT2D eigenvalue weighted by atomic mass is 35.5. The molecule has 0 unspecified atom stereocenters. The highest BCUT2D eigenvalue weighted by molar-refractivity contribution is 6.30. The molecule has 1 fully saturated rings. The molecule has 1 aromatic carbocycles. The first-order valence-corrected chi connectivity index (χ1v) is 4.93. The second-order valence-electron chi connectivity index (χ2n) is 3.83. The molecular weight excluding hydrogens is 224 g/mol. The third kappa shape index (κ3) is 1.92. The van der Waals surface area contributed by atoms with Crippen molar-refractivity contribution in [1.82, 2.24) is 5.32 Å². The maximum Gasteiger partial charge on any atom is 0.193 e. The van der Waals surface area contributed by atoms with E-state index in [9.17, 15) is 8.78 Å². The molecular formula is C10H10ClF2NO. The first-order valence-electron chi connectivity index (χ1n) is 4.55. The number of nitrogens with one attached hydrogen (secondary N) is 1. The summed E-state index contributed by atoms with van der Waals surface area (Å²) in [7, 11) is 0. The van der Waals surface area contributed by atoms with Crippen molar-refractivity contribution in [3.8, 4) is 5.75 Å². The molecule has 2 rings (SSSR count). The van der Waals surface area contributed by atoms with E-state index in [1.54, 1.807) is 6.92 Å². The monoisotopic (exact) mass is 233 g/mol. The van der Waals surface area contributed by atoms with Crippen molar-refractivity contribution in [1.29, 1.82) is 0 Å². The average Bonchev–Trinajstić information content (AvgIpc) is 2.16. The van der Waals surface area contributed by atoms with Crippen molar-refractivity contribution in [3.05, 3.63) is 28.8 Å². The molecule has 0 spiro atoms. The Morgan fingerprint density at radius 3 is 2.60 bits per heavy atom. The van der Waals surface area contributed by atoms with E-state index in [2.05, 4.69) is 5.32 Å². The van der Waals surface area contributed by atoms with Gasteiger partial charge in [0.05, 0.1) is 5.02 Å². The van der Waals surface area contributed by atoms with Gasteiger partial charge in [0.1, 0.15) is 5.60 Å². The zero-order chi connectivity index (χ0) is 11.1. The number of benzene rings is 1. The molecule has 5 heteroatoms. The Morgan fingerprint density at radius 1 is 1.40 bits per heavy atom. The van der Waals surface area contributed by atoms with E-state index >= 15 is 0 Å². The lowest BCUT2D eigenvalue weighted by molar-refractivity contribution is 0.0273. The van der Waals surface area contributed by atoms with E-state index in [0.29, 0.717) is 13.1 Å². The predicted octanol–water partition coefficient (Wildman–Crippen LogP) is 2.36. The first-order chi connectivity index (χ1) is 7.02. The molecule has 1 saturated heterocycles. The van der Waals surface area contributed by atoms with Crippen LogP contribution in [0.3, 0.4) is 0 Å². The van der Waals surface area contributed by atoms with Gasteiger partial charge < -0.3 is 10.1 Å². The fraction of sp³-hybridized carbons (Fsp3) is 0.400. The summed E-state index contributed by atoms with van der Waals surface area (Å²) in [5.41, 5.74) is -0.549. The van der Waals surface area contributed by atoms with Crippen LogP contribution in [-0.4, -0.2) is 18.7 Å². The summed E-state index contributed by atoms with van der Waals surface area (Å²) >= 11 is 5.54. The zero-order valence-corrected chi connectivity index (χ0v) is 8.87. The third-order valence-corrected chi connectivity index (χ3v) is 2.64. The Bertz CT molecular complexity index is 393. The van der Waals surface area contributed by atoms with Gasteiger partial charge in [0.2, 0.25) is 0 Å². The summed E-state index contributed by atoms with van der Waals surface area (Å²) in [6.45, 7) is 2.92. The predicted molar refractivity (Wildman–Crippen MR) is 53.3 cm³/mol. The Balaban J connectivity index is 2.30. The Labute approximate surface area is 91.2 Å². The van der Waals surface area contributed by atoms with Gasteiger partial charge in [-0.05, 0) is 19.1 Å². The van der Waals surface area contributed by atoms with Crippen molar-refractivity contribution < 1.29 is 13.5 Å². The van der Waals surface area contributed by atoms with Gasteiger partial charge in [-0.3, -0.25) is 0 Å². The van der Waals surface area contributed by atoms with Crippen LogP contribution in [0.1, 0.15) is 6.92 Å². The molecule has 0 aliphatic carbocycles. The van der Waals surface area contributed by atoms with Crippen molar-refractivity contribution in [3.63, 3.8) is 0 Å². The maximum atomic E-state index is 13.4. The second-order valence-corrected chi connectivity index (χ2v) is 4.24. The molecule has 82 valence electrons. The highest BCUT2D eigenvalue weighted by Gasteiger charge is 2.35. The molecule has 1 heterocycles. The molecule has 1 aliphatic heterocycles. The smallest absolute Gasteiger partial charge is 0.193 e. The normalized spacial score (nSPS) is 18.4. The van der Waals surface area contributed by atoms with Crippen LogP contribution in [0.4, 0.5) is 8.78 Å². The first kappa shape index (κ1) is 10.6. The zero-order valence-electron chi connectivity index (χ0n) is 8.11. The van der Waals surface area contributed by atoms with Gasteiger partial charge >= 0.3 is 0 Å². The number of ether oxygens (including phenoxy) is 1. The summed E-state index contributed by atoms with van der Waals surface area (Å²) in [6.07, 6.45) is 0. The molecule has 1 aromatic rings. The summed E-state index contributed by atoms with van der Waals surface area (Å²) in [6, 6.07) is 2.26. The van der Waals surface area contributed by atoms with Crippen molar-refractivity contribution in [2.45, 2.75) is 12.5 Å². The quantitative estimate of drug-likeness (QED) is 0.792. The lowest BCUT2D eigenvalue weighted by Gasteiger charge is -2.39. The van der Waals surface area contributed by atoms with Crippen LogP contribution in [-0.2, 0) is 0 Å². The van der Waals surface area contributed by atoms with E-state index in [0.717, 1.165) is 6.07 Å². The van der Waals surface area contributed by atoms with E-state index in [1.165, 1.54) is 6.07 Å². The SMILES string of the molecule is CC1(Oc2c(F)ccc(Cl)c2F)CNC1. The number of hydrogen-bond donors (Lipinski definition) is 1. The van der Waals surface area contributed by atoms with Crippen LogP contribution in [0.5, 0.6) is 5.75 Å². The van der Waals surface area contributed by atoms with Gasteiger partial charge in [-0.1, -0.05) is 11.6 Å². The van der Waals surface area contributed by atoms with Gasteiger partial charge in [-0.15, -0.1) is 0 Å². The minimum atomic E-state index is -0.843. The molecule has 0 atom stereocenters. The molecule has 0 radical (unpaired) electrons. The minimum absolute atomic E-state index is 0.137. The van der Waals surface area contributed by atoms with E-state index in [-0.39, 0.29) is 5.02 Å². The van der Waals surface area contributed by atoms with E-state index in [4.69, 9.17) is 16.3 Å². The van der Waals surface area contributed by atoms with Crippen LogP contribution in [0.25, 0.3) is 0 Å². The standard InChI is InChI=1S/C10H10ClF2NO/c1-10(4-14-5-10)15-9-7(12)3-2-6(11)8(9)13/h2-3,14H,4-5H2,1H3. The van der Waals surface area contributed by atoms with Crippen LogP contribution in [0, 0.1) is 11.6 Å². The van der Waals surface area contributed by atoms with Crippen LogP contribution in [0.15, 0.2) is 12.1 Å². The van der Waals surface area contributed by atoms with Gasteiger partial charge in [0.25, 0.3) is 0 Å². The summed E-state index contributed by atoms with van der Waals surface area (Å²) < 4.78 is 32.0. The molecule has 0 saturated carbocycles. The molecule has 0 bridgehead atoms. The summed E-state index contributed by atoms with van der Waals surface area (Å²) in [4.78, 5) is 0. The number of halogens is 3. The Hall–Kier alpha value is -0.870. The van der Waals surface area contributed by atoms with Gasteiger partial charge in [0, 0.05) is 13.1 Å². The fourth-order valence-corrected chi connectivity index (χ4v) is 1.55. The topological polar surface area (TPSA) is 21.3 Å². The Morgan fingerprint density at radius 2 is 2.07 bits per heavy atom. The second kappa shape index (κ2) is 3.61. The number of hydrogen-bond acceptors (Lipinski definition) is 2. The van der Waals surface area contributed by atoms with Crippen molar-refractivity contribution in [2.24, 2.45) is 0 Å². The van der Waals surface area contributed by atoms with E-state index in [1.807, 2.05) is 0 Å². The molecule has 15 heavy (non-hydrogen) atoms. The lowest BCUT2D eigenvalue weighted by atomic mass is 10.00. The van der Waals surface area contributed by atoms with Crippen LogP contribution >= 0.6 is 11.6 Å². The van der Waals surface area contributed by atoms with E-state index < -0.39 is 23.0 Å². The molecule has 0 aromatic heterocycles. The van der Waals surface area contributed by atoms with Crippen molar-refractivity contribution in [2.75, 3.05) is 13.1 Å².